The maximum absolute atomic E-state index is 13.6. The molecule has 21 heteroatoms. The number of imide groups is 2. The van der Waals surface area contributed by atoms with Crippen molar-refractivity contribution in [2.24, 2.45) is 0 Å². The van der Waals surface area contributed by atoms with E-state index in [4.69, 9.17) is 14.5 Å². The lowest BCUT2D eigenvalue weighted by Gasteiger charge is -2.38. The van der Waals surface area contributed by atoms with Crippen LogP contribution in [0.4, 0.5) is 5.95 Å². The molecule has 0 radical (unpaired) electrons. The molecule has 3 saturated heterocycles. The molecule has 1 unspecified atom stereocenters. The zero-order chi connectivity index (χ0) is 42.7. The molecular formula is C40H50N10O10S. The van der Waals surface area contributed by atoms with Gasteiger partial charge in [0.15, 0.2) is 6.61 Å². The largest absolute Gasteiger partial charge is 0.483 e. The van der Waals surface area contributed by atoms with Crippen LogP contribution in [0.5, 0.6) is 5.75 Å². The number of carbonyl (C=O) groups excluding carboxylic acids is 5. The van der Waals surface area contributed by atoms with Crippen LogP contribution >= 0.6 is 0 Å². The Labute approximate surface area is 352 Å². The normalized spacial score (nSPS) is 21.2. The van der Waals surface area contributed by atoms with Gasteiger partial charge in [0, 0.05) is 88.5 Å². The molecule has 1 aliphatic carbocycles. The second-order valence-corrected chi connectivity index (χ2v) is 17.8. The van der Waals surface area contributed by atoms with E-state index in [0.29, 0.717) is 76.9 Å². The minimum absolute atomic E-state index is 0.000146. The Balaban J connectivity index is 0.714. The Morgan fingerprint density at radius 2 is 1.62 bits per heavy atom. The number of carbonyl (C=O) groups is 5. The van der Waals surface area contributed by atoms with Crippen molar-refractivity contribution in [2.75, 3.05) is 77.5 Å². The Morgan fingerprint density at radius 3 is 2.38 bits per heavy atom. The molecule has 5 aliphatic rings. The fraction of sp³-hybridized carbons (Fsp3) is 0.550. The highest BCUT2D eigenvalue weighted by Gasteiger charge is 2.46. The van der Waals surface area contributed by atoms with E-state index >= 15 is 0 Å². The third kappa shape index (κ3) is 9.15. The maximum Gasteiger partial charge on any atom is 0.282 e. The molecule has 3 N–H and O–H groups in total. The van der Waals surface area contributed by atoms with Crippen molar-refractivity contribution in [2.45, 2.75) is 69.5 Å². The van der Waals surface area contributed by atoms with Crippen molar-refractivity contribution in [1.29, 1.82) is 0 Å². The second kappa shape index (κ2) is 18.3. The number of pyridine rings is 1. The van der Waals surface area contributed by atoms with E-state index in [1.807, 2.05) is 0 Å². The van der Waals surface area contributed by atoms with E-state index in [2.05, 4.69) is 25.8 Å². The van der Waals surface area contributed by atoms with Gasteiger partial charge in [0.1, 0.15) is 17.4 Å². The third-order valence-electron chi connectivity index (χ3n) is 12.0. The number of hydrogen-bond acceptors (Lipinski definition) is 14. The van der Waals surface area contributed by atoms with E-state index in [0.717, 1.165) is 36.0 Å². The minimum atomic E-state index is -3.63. The molecule has 20 nitrogen and oxygen atoms in total. The van der Waals surface area contributed by atoms with Crippen LogP contribution in [-0.4, -0.2) is 155 Å². The Kier molecular flexibility index (Phi) is 12.7. The van der Waals surface area contributed by atoms with Crippen molar-refractivity contribution < 1.29 is 41.9 Å². The van der Waals surface area contributed by atoms with Gasteiger partial charge in [-0.25, -0.2) is 4.98 Å². The van der Waals surface area contributed by atoms with Crippen LogP contribution in [0, 0.1) is 0 Å². The number of piperazine rings is 1. The highest BCUT2D eigenvalue weighted by molar-refractivity contribution is 7.86. The fourth-order valence-electron chi connectivity index (χ4n) is 8.74. The number of amides is 5. The molecule has 3 aromatic rings. The highest BCUT2D eigenvalue weighted by atomic mass is 32.2. The van der Waals surface area contributed by atoms with Gasteiger partial charge >= 0.3 is 0 Å². The van der Waals surface area contributed by atoms with Crippen LogP contribution in [0.2, 0.25) is 0 Å². The average Bonchev–Trinajstić information content (AvgIpc) is 3.88. The number of piperidine rings is 2. The summed E-state index contributed by atoms with van der Waals surface area (Å²) >= 11 is 0. The molecule has 8 rings (SSSR count). The molecule has 6 heterocycles. The summed E-state index contributed by atoms with van der Waals surface area (Å²) in [6.45, 7) is 3.57. The number of nitrogens with one attached hydrogen (secondary N) is 3. The first-order chi connectivity index (χ1) is 29.5. The summed E-state index contributed by atoms with van der Waals surface area (Å²) < 4.78 is 43.4. The van der Waals surface area contributed by atoms with Crippen molar-refractivity contribution >= 4 is 56.7 Å². The predicted octanol–water partition coefficient (Wildman–Crippen LogP) is 0.258. The molecule has 1 aromatic carbocycles. The highest BCUT2D eigenvalue weighted by Crippen LogP contribution is 2.34. The molecule has 0 spiro atoms. The smallest absolute Gasteiger partial charge is 0.282 e. The molecule has 326 valence electrons. The first-order valence-electron chi connectivity index (χ1n) is 20.9. The van der Waals surface area contributed by atoms with Crippen LogP contribution in [0.25, 0.3) is 11.0 Å². The van der Waals surface area contributed by atoms with E-state index in [1.165, 1.54) is 22.5 Å². The number of anilines is 1. The van der Waals surface area contributed by atoms with Crippen LogP contribution in [0.1, 0.15) is 78.1 Å². The number of ether oxygens (including phenoxy) is 2. The topological polar surface area (TPSA) is 235 Å². The van der Waals surface area contributed by atoms with Gasteiger partial charge in [-0.3, -0.25) is 48.5 Å². The van der Waals surface area contributed by atoms with Crippen LogP contribution in [0.15, 0.2) is 41.3 Å². The zero-order valence-corrected chi connectivity index (χ0v) is 34.6. The van der Waals surface area contributed by atoms with Gasteiger partial charge in [-0.2, -0.15) is 22.0 Å². The predicted molar refractivity (Wildman–Crippen MR) is 219 cm³/mol. The lowest BCUT2D eigenvalue weighted by molar-refractivity contribution is -0.136. The number of rotatable bonds is 15. The Morgan fingerprint density at radius 1 is 0.869 bits per heavy atom. The van der Waals surface area contributed by atoms with Gasteiger partial charge in [0.05, 0.1) is 24.3 Å². The van der Waals surface area contributed by atoms with Crippen molar-refractivity contribution in [1.82, 2.24) is 43.6 Å². The molecule has 0 bridgehead atoms. The Hall–Kier alpha value is -5.35. The second-order valence-electron chi connectivity index (χ2n) is 15.9. The molecule has 4 aliphatic heterocycles. The van der Waals surface area contributed by atoms with Gasteiger partial charge < -0.3 is 20.1 Å². The van der Waals surface area contributed by atoms with E-state index in [1.54, 1.807) is 27.2 Å². The summed E-state index contributed by atoms with van der Waals surface area (Å²) in [6.07, 6.45) is 7.06. The number of hydrogen-bond donors (Lipinski definition) is 3. The summed E-state index contributed by atoms with van der Waals surface area (Å²) in [5.41, 5.74) is 0.590. The molecule has 1 atom stereocenters. The van der Waals surface area contributed by atoms with Gasteiger partial charge in [-0.1, -0.05) is 18.9 Å². The summed E-state index contributed by atoms with van der Waals surface area (Å²) in [5, 5.41) is 9.04. The monoisotopic (exact) mass is 862 g/mol. The summed E-state index contributed by atoms with van der Waals surface area (Å²) in [7, 11) is -3.63. The first-order valence-corrected chi connectivity index (χ1v) is 22.3. The summed E-state index contributed by atoms with van der Waals surface area (Å²) in [5.74, 6) is -2.58. The summed E-state index contributed by atoms with van der Waals surface area (Å²) in [6, 6.07) is 6.78. The van der Waals surface area contributed by atoms with Crippen LogP contribution < -0.4 is 26.2 Å². The van der Waals surface area contributed by atoms with E-state index in [9.17, 15) is 37.2 Å². The van der Waals surface area contributed by atoms with Crippen molar-refractivity contribution in [3.8, 4) is 5.75 Å². The van der Waals surface area contributed by atoms with Crippen LogP contribution in [-0.2, 0) is 29.3 Å². The number of fused-ring (bicyclic) bond motifs is 2. The van der Waals surface area contributed by atoms with Gasteiger partial charge in [-0.15, -0.1) is 0 Å². The Bertz CT molecular complexity index is 2350. The van der Waals surface area contributed by atoms with Gasteiger partial charge in [-0.05, 0) is 50.3 Å². The molecular weight excluding hydrogens is 813 g/mol. The van der Waals surface area contributed by atoms with E-state index in [-0.39, 0.29) is 60.5 Å². The number of nitrogens with zero attached hydrogens (tertiary/aromatic N) is 7. The standard InChI is InChI=1S/C40H50N10O10S/c51-32-10-9-30(37(54)44-32)50-38(55)29-6-3-7-31(35(29)39(50)56)60-25-33(52)41-14-22-59-23-21-46-17-19-48(20-18-46)61(57,58)47-15-12-27(13-16-47)43-40-42-24-26-8-11-34(53)49(36(26)45-40)28-4-1-2-5-28/h3,6-8,11,24,27-28,30H,1-2,4-5,9-10,12-23,25H2,(H,41,52)(H,42,43,45)(H,44,51,54). The van der Waals surface area contributed by atoms with Crippen molar-refractivity contribution in [3.05, 3.63) is 58.0 Å². The van der Waals surface area contributed by atoms with E-state index < -0.39 is 52.4 Å². The fourth-order valence-corrected chi connectivity index (χ4v) is 10.4. The van der Waals surface area contributed by atoms with Gasteiger partial charge in [0.25, 0.3) is 33.5 Å². The lowest BCUT2D eigenvalue weighted by atomic mass is 10.0. The SMILES string of the molecule is O=C(COc1cccc2c1C(=O)N(C1CCC(=O)NC1=O)C2=O)NCCOCCN1CCN(S(=O)(=O)N2CCC(Nc3ncc4ccc(=O)n(C5CCCC5)c4n3)CC2)CC1. The lowest BCUT2D eigenvalue weighted by Crippen LogP contribution is -2.55. The minimum Gasteiger partial charge on any atom is -0.483 e. The zero-order valence-electron chi connectivity index (χ0n) is 33.8. The average molecular weight is 863 g/mol. The number of benzene rings is 1. The molecule has 1 saturated carbocycles. The third-order valence-corrected chi connectivity index (χ3v) is 14.1. The van der Waals surface area contributed by atoms with Crippen LogP contribution in [0.3, 0.4) is 0 Å². The first kappa shape index (κ1) is 42.3. The maximum atomic E-state index is 13.6. The van der Waals surface area contributed by atoms with Gasteiger partial charge in [0.2, 0.25) is 17.8 Å². The quantitative estimate of drug-likeness (QED) is 0.137. The molecule has 61 heavy (non-hydrogen) atoms. The molecule has 2 aromatic heterocycles. The van der Waals surface area contributed by atoms with Crippen molar-refractivity contribution in [3.63, 3.8) is 0 Å². The summed E-state index contributed by atoms with van der Waals surface area (Å²) in [4.78, 5) is 87.7. The molecule has 5 amide bonds. The molecule has 4 fully saturated rings. The number of aromatic nitrogens is 3.